The molecule has 1 heterocycles. The summed E-state index contributed by atoms with van der Waals surface area (Å²) in [6.45, 7) is 0.347. The number of aromatic amines is 1. The number of para-hydroxylation sites is 1. The van der Waals surface area contributed by atoms with E-state index in [9.17, 15) is 0 Å². The number of hydrogen-bond donors (Lipinski definition) is 3. The Bertz CT molecular complexity index is 899. The summed E-state index contributed by atoms with van der Waals surface area (Å²) in [6, 6.07) is 11.1. The highest BCUT2D eigenvalue weighted by Gasteiger charge is 2.17. The largest absolute Gasteiger partial charge is 0.495 e. The quantitative estimate of drug-likeness (QED) is 0.533. The van der Waals surface area contributed by atoms with Gasteiger partial charge in [-0.2, -0.15) is 5.10 Å². The number of anilines is 2. The summed E-state index contributed by atoms with van der Waals surface area (Å²) in [6.07, 6.45) is 0. The molecule has 0 aliphatic carbocycles. The molecule has 0 saturated carbocycles. The first-order valence-corrected chi connectivity index (χ1v) is 8.53. The molecule has 0 unspecified atom stereocenters. The molecule has 0 radical (unpaired) electrons. The summed E-state index contributed by atoms with van der Waals surface area (Å²) in [5.74, 6) is 1.62. The molecule has 8 heteroatoms. The number of nitrogen functional groups attached to an aromatic ring is 1. The van der Waals surface area contributed by atoms with Gasteiger partial charge in [0.05, 0.1) is 30.0 Å². The molecule has 6 nitrogen and oxygen atoms in total. The highest BCUT2D eigenvalue weighted by Crippen LogP contribution is 2.40. The number of halogens is 2. The second-order valence-corrected chi connectivity index (χ2v) is 6.25. The van der Waals surface area contributed by atoms with E-state index in [1.54, 1.807) is 6.07 Å². The summed E-state index contributed by atoms with van der Waals surface area (Å²) >= 11 is 12.8. The highest BCUT2D eigenvalue weighted by molar-refractivity contribution is 6.37. The van der Waals surface area contributed by atoms with Crippen LogP contribution < -0.4 is 20.5 Å². The first-order chi connectivity index (χ1) is 12.5. The van der Waals surface area contributed by atoms with Crippen molar-refractivity contribution < 1.29 is 9.47 Å². The minimum absolute atomic E-state index is 0.347. The highest BCUT2D eigenvalue weighted by atomic mass is 35.5. The van der Waals surface area contributed by atoms with Crippen LogP contribution in [-0.2, 0) is 6.54 Å². The fourth-order valence-corrected chi connectivity index (χ4v) is 3.20. The van der Waals surface area contributed by atoms with Gasteiger partial charge in [0.1, 0.15) is 17.3 Å². The molecule has 0 fully saturated rings. The lowest BCUT2D eigenvalue weighted by Gasteiger charge is -2.14. The average molecular weight is 393 g/mol. The van der Waals surface area contributed by atoms with Gasteiger partial charge in [0.15, 0.2) is 0 Å². The number of ether oxygens (including phenoxy) is 2. The molecule has 0 aliphatic rings. The fourth-order valence-electron chi connectivity index (χ4n) is 2.56. The van der Waals surface area contributed by atoms with Crippen molar-refractivity contribution in [1.29, 1.82) is 0 Å². The Kier molecular flexibility index (Phi) is 5.44. The second-order valence-electron chi connectivity index (χ2n) is 5.50. The van der Waals surface area contributed by atoms with Crippen LogP contribution in [0.4, 0.5) is 11.5 Å². The van der Waals surface area contributed by atoms with Crippen LogP contribution in [0.25, 0.3) is 11.3 Å². The summed E-state index contributed by atoms with van der Waals surface area (Å²) in [5.41, 5.74) is 9.03. The Morgan fingerprint density at radius 3 is 2.35 bits per heavy atom. The van der Waals surface area contributed by atoms with Gasteiger partial charge in [-0.1, -0.05) is 41.4 Å². The monoisotopic (exact) mass is 392 g/mol. The number of hydrogen-bond acceptors (Lipinski definition) is 5. The zero-order valence-electron chi connectivity index (χ0n) is 14.3. The lowest BCUT2D eigenvalue weighted by Crippen LogP contribution is -2.03. The van der Waals surface area contributed by atoms with E-state index in [1.165, 1.54) is 14.2 Å². The van der Waals surface area contributed by atoms with Crippen LogP contribution in [0.3, 0.4) is 0 Å². The molecule has 0 bridgehead atoms. The predicted octanol–water partition coefficient (Wildman–Crippen LogP) is 4.60. The van der Waals surface area contributed by atoms with Crippen molar-refractivity contribution in [1.82, 2.24) is 10.2 Å². The van der Waals surface area contributed by atoms with Crippen LogP contribution in [-0.4, -0.2) is 24.4 Å². The Hall–Kier alpha value is -2.57. The number of benzene rings is 2. The first-order valence-electron chi connectivity index (χ1n) is 7.78. The van der Waals surface area contributed by atoms with Crippen molar-refractivity contribution in [2.24, 2.45) is 0 Å². The lowest BCUT2D eigenvalue weighted by atomic mass is 10.1. The lowest BCUT2D eigenvalue weighted by molar-refractivity contribution is 0.394. The van der Waals surface area contributed by atoms with E-state index in [1.807, 2.05) is 30.3 Å². The number of rotatable bonds is 6. The molecule has 136 valence electrons. The Morgan fingerprint density at radius 2 is 1.73 bits per heavy atom. The topological polar surface area (TPSA) is 85.2 Å². The Morgan fingerprint density at radius 1 is 1.08 bits per heavy atom. The van der Waals surface area contributed by atoms with Crippen molar-refractivity contribution in [2.75, 3.05) is 25.3 Å². The van der Waals surface area contributed by atoms with E-state index in [4.69, 9.17) is 38.4 Å². The first kappa shape index (κ1) is 18.2. The van der Waals surface area contributed by atoms with Crippen molar-refractivity contribution in [3.63, 3.8) is 0 Å². The summed E-state index contributed by atoms with van der Waals surface area (Å²) < 4.78 is 10.6. The molecule has 2 aromatic carbocycles. The molecular weight excluding hydrogens is 375 g/mol. The Balaban J connectivity index is 1.83. The second kappa shape index (κ2) is 7.76. The molecule has 0 amide bonds. The number of methoxy groups -OCH3 is 2. The van der Waals surface area contributed by atoms with Gasteiger partial charge < -0.3 is 20.5 Å². The maximum Gasteiger partial charge on any atom is 0.148 e. The standard InChI is InChI=1S/C18H18Cl2N4O2/c1-25-14-8-15(26-2)18(20)11(17(14)19)9-22-16-7-13(23-24-16)10-5-3-4-6-12(10)21/h3-8H,9,21H2,1-2H3,(H2,22,23,24). The van der Waals surface area contributed by atoms with E-state index in [-0.39, 0.29) is 0 Å². The van der Waals surface area contributed by atoms with Crippen LogP contribution in [0.5, 0.6) is 11.5 Å². The zero-order valence-corrected chi connectivity index (χ0v) is 15.8. The van der Waals surface area contributed by atoms with Gasteiger partial charge in [0, 0.05) is 35.5 Å². The van der Waals surface area contributed by atoms with Crippen LogP contribution in [0, 0.1) is 0 Å². The van der Waals surface area contributed by atoms with Crippen molar-refractivity contribution in [3.05, 3.63) is 52.0 Å². The summed E-state index contributed by atoms with van der Waals surface area (Å²) in [7, 11) is 3.08. The van der Waals surface area contributed by atoms with E-state index in [0.717, 1.165) is 11.3 Å². The number of nitrogens with two attached hydrogens (primary N) is 1. The number of H-pyrrole nitrogens is 1. The zero-order chi connectivity index (χ0) is 18.7. The van der Waals surface area contributed by atoms with E-state index >= 15 is 0 Å². The number of nitrogens with one attached hydrogen (secondary N) is 2. The SMILES string of the molecule is COc1cc(OC)c(Cl)c(CNc2cc(-c3ccccc3N)[nH]n2)c1Cl. The van der Waals surface area contributed by atoms with Crippen molar-refractivity contribution in [3.8, 4) is 22.8 Å². The summed E-state index contributed by atoms with van der Waals surface area (Å²) in [4.78, 5) is 0. The number of nitrogens with zero attached hydrogens (tertiary/aromatic N) is 1. The third-order valence-corrected chi connectivity index (χ3v) is 4.77. The van der Waals surface area contributed by atoms with Gasteiger partial charge >= 0.3 is 0 Å². The molecule has 1 aromatic heterocycles. The third-order valence-electron chi connectivity index (χ3n) is 3.94. The van der Waals surface area contributed by atoms with Crippen LogP contribution in [0.1, 0.15) is 5.56 Å². The minimum atomic E-state index is 0.347. The molecular formula is C18H18Cl2N4O2. The Labute approximate surface area is 161 Å². The van der Waals surface area contributed by atoms with Gasteiger partial charge in [0.2, 0.25) is 0 Å². The normalized spacial score (nSPS) is 10.6. The van der Waals surface area contributed by atoms with Crippen LogP contribution in [0.2, 0.25) is 10.0 Å². The molecule has 0 saturated heterocycles. The third kappa shape index (κ3) is 3.52. The van der Waals surface area contributed by atoms with Crippen molar-refractivity contribution >= 4 is 34.7 Å². The number of aromatic nitrogens is 2. The van der Waals surface area contributed by atoms with Crippen molar-refractivity contribution in [2.45, 2.75) is 6.54 Å². The van der Waals surface area contributed by atoms with E-state index in [2.05, 4.69) is 15.5 Å². The van der Waals surface area contributed by atoms with Gasteiger partial charge in [-0.3, -0.25) is 5.10 Å². The van der Waals surface area contributed by atoms with E-state index < -0.39 is 0 Å². The smallest absolute Gasteiger partial charge is 0.148 e. The molecule has 26 heavy (non-hydrogen) atoms. The van der Waals surface area contributed by atoms with Gasteiger partial charge in [-0.25, -0.2) is 0 Å². The van der Waals surface area contributed by atoms with Crippen LogP contribution in [0.15, 0.2) is 36.4 Å². The van der Waals surface area contributed by atoms with Gasteiger partial charge in [-0.15, -0.1) is 0 Å². The van der Waals surface area contributed by atoms with E-state index in [0.29, 0.717) is 45.2 Å². The minimum Gasteiger partial charge on any atom is -0.495 e. The van der Waals surface area contributed by atoms with Gasteiger partial charge in [0.25, 0.3) is 0 Å². The maximum atomic E-state index is 6.38. The fraction of sp³-hybridized carbons (Fsp3) is 0.167. The molecule has 0 spiro atoms. The molecule has 3 aromatic rings. The molecule has 0 aliphatic heterocycles. The molecule has 3 rings (SSSR count). The van der Waals surface area contributed by atoms with Gasteiger partial charge in [-0.05, 0) is 6.07 Å². The maximum absolute atomic E-state index is 6.38. The van der Waals surface area contributed by atoms with Crippen LogP contribution >= 0.6 is 23.2 Å². The predicted molar refractivity (Wildman–Crippen MR) is 105 cm³/mol. The molecule has 0 atom stereocenters. The summed E-state index contributed by atoms with van der Waals surface area (Å²) in [5, 5.41) is 11.3. The molecule has 4 N–H and O–H groups in total. The average Bonchev–Trinajstić information content (AvgIpc) is 3.11.